The van der Waals surface area contributed by atoms with E-state index in [1.165, 1.54) is 11.3 Å². The van der Waals surface area contributed by atoms with Crippen LogP contribution in [0.2, 0.25) is 0 Å². The lowest BCUT2D eigenvalue weighted by Crippen LogP contribution is -2.40. The Balaban J connectivity index is 1.82. The van der Waals surface area contributed by atoms with Crippen molar-refractivity contribution in [3.8, 4) is 11.5 Å². The molecule has 5 rings (SSSR count). The van der Waals surface area contributed by atoms with Crippen LogP contribution < -0.4 is 24.4 Å². The standard InChI is InChI=1S/C32H28I2N2O5S/c1-5-40-31(38)26-27(19-9-7-6-8-10-19)35-32-36(28(26)20-11-13-23(39-4)14-12-20)30(37)25(42-32)16-21-15-22(33)17-24(34)29(21)41-18(2)3/h6-18,28H,5H2,1-4H3/b25-16-/t28-/m1/s1. The third-order valence-corrected chi connectivity index (χ3v) is 8.89. The summed E-state index contributed by atoms with van der Waals surface area (Å²) in [5.41, 5.74) is 2.84. The second-order valence-corrected chi connectivity index (χ2v) is 13.1. The molecule has 0 bridgehead atoms. The number of rotatable bonds is 8. The average Bonchev–Trinajstić information content (AvgIpc) is 3.28. The van der Waals surface area contributed by atoms with Gasteiger partial charge in [-0.1, -0.05) is 53.8 Å². The molecule has 0 spiro atoms. The maximum Gasteiger partial charge on any atom is 0.338 e. The van der Waals surface area contributed by atoms with E-state index in [1.807, 2.05) is 86.7 Å². The largest absolute Gasteiger partial charge is 0.497 e. The molecule has 2 heterocycles. The highest BCUT2D eigenvalue weighted by Crippen LogP contribution is 2.36. The molecule has 42 heavy (non-hydrogen) atoms. The fraction of sp³-hybridized carbons (Fsp3) is 0.219. The van der Waals surface area contributed by atoms with Crippen LogP contribution in [0.4, 0.5) is 0 Å². The zero-order valence-corrected chi connectivity index (χ0v) is 28.5. The Hall–Kier alpha value is -2.97. The van der Waals surface area contributed by atoms with Crippen molar-refractivity contribution in [1.82, 2.24) is 4.57 Å². The lowest BCUT2D eigenvalue weighted by atomic mass is 9.93. The minimum atomic E-state index is -0.758. The van der Waals surface area contributed by atoms with Gasteiger partial charge in [0, 0.05) is 14.7 Å². The summed E-state index contributed by atoms with van der Waals surface area (Å²) in [6.07, 6.45) is 1.82. The van der Waals surface area contributed by atoms with E-state index in [4.69, 9.17) is 19.2 Å². The van der Waals surface area contributed by atoms with Crippen molar-refractivity contribution in [3.05, 3.63) is 116 Å². The van der Waals surface area contributed by atoms with Gasteiger partial charge in [0.1, 0.15) is 11.5 Å². The fourth-order valence-corrected chi connectivity index (χ4v) is 7.74. The summed E-state index contributed by atoms with van der Waals surface area (Å²) in [5.74, 6) is 0.873. The molecule has 1 aliphatic rings. The van der Waals surface area contributed by atoms with Crippen LogP contribution in [0.5, 0.6) is 11.5 Å². The van der Waals surface area contributed by atoms with Gasteiger partial charge < -0.3 is 14.2 Å². The molecule has 0 saturated carbocycles. The second kappa shape index (κ2) is 13.1. The first-order valence-corrected chi connectivity index (χ1v) is 16.3. The van der Waals surface area contributed by atoms with Gasteiger partial charge in [-0.2, -0.15) is 0 Å². The molecule has 0 aliphatic carbocycles. The van der Waals surface area contributed by atoms with Crippen molar-refractivity contribution in [2.24, 2.45) is 4.99 Å². The van der Waals surface area contributed by atoms with Gasteiger partial charge in [-0.25, -0.2) is 9.79 Å². The summed E-state index contributed by atoms with van der Waals surface area (Å²) in [6.45, 7) is 5.90. The molecule has 1 aliphatic heterocycles. The highest BCUT2D eigenvalue weighted by molar-refractivity contribution is 14.1. The van der Waals surface area contributed by atoms with Crippen LogP contribution in [-0.4, -0.2) is 30.4 Å². The van der Waals surface area contributed by atoms with Crippen molar-refractivity contribution in [3.63, 3.8) is 0 Å². The molecule has 0 unspecified atom stereocenters. The lowest BCUT2D eigenvalue weighted by Gasteiger charge is -2.26. The summed E-state index contributed by atoms with van der Waals surface area (Å²) >= 11 is 5.81. The normalized spacial score (nSPS) is 14.9. The van der Waals surface area contributed by atoms with Crippen LogP contribution in [0.3, 0.4) is 0 Å². The van der Waals surface area contributed by atoms with Crippen molar-refractivity contribution in [2.75, 3.05) is 13.7 Å². The Bertz CT molecular complexity index is 1840. The Kier molecular flexibility index (Phi) is 9.53. The molecule has 216 valence electrons. The predicted octanol–water partition coefficient (Wildman–Crippen LogP) is 5.94. The molecule has 1 atom stereocenters. The molecule has 0 radical (unpaired) electrons. The lowest BCUT2D eigenvalue weighted by molar-refractivity contribution is -0.138. The summed E-state index contributed by atoms with van der Waals surface area (Å²) in [6, 6.07) is 20.2. The maximum absolute atomic E-state index is 14.2. The van der Waals surface area contributed by atoms with E-state index in [0.29, 0.717) is 26.4 Å². The van der Waals surface area contributed by atoms with E-state index in [9.17, 15) is 9.59 Å². The molecule has 0 fully saturated rings. The Morgan fingerprint density at radius 1 is 1.10 bits per heavy atom. The van der Waals surface area contributed by atoms with Gasteiger partial charge in [-0.05, 0) is 102 Å². The van der Waals surface area contributed by atoms with Gasteiger partial charge in [0.2, 0.25) is 0 Å². The van der Waals surface area contributed by atoms with Crippen molar-refractivity contribution < 1.29 is 19.0 Å². The monoisotopic (exact) mass is 806 g/mol. The van der Waals surface area contributed by atoms with E-state index >= 15 is 0 Å². The molecule has 1 aromatic heterocycles. The molecule has 10 heteroatoms. The molecular weight excluding hydrogens is 778 g/mol. The number of methoxy groups -OCH3 is 1. The molecular formula is C32H28I2N2O5S. The number of aromatic nitrogens is 1. The Morgan fingerprint density at radius 3 is 2.45 bits per heavy atom. The van der Waals surface area contributed by atoms with E-state index in [2.05, 4.69) is 45.2 Å². The van der Waals surface area contributed by atoms with Gasteiger partial charge in [-0.15, -0.1) is 0 Å². The minimum absolute atomic E-state index is 0.0393. The zero-order valence-electron chi connectivity index (χ0n) is 23.4. The van der Waals surface area contributed by atoms with Gasteiger partial charge in [0.05, 0.1) is 45.2 Å². The number of carbonyl (C=O) groups is 1. The van der Waals surface area contributed by atoms with Crippen LogP contribution in [0.15, 0.2) is 82.1 Å². The summed E-state index contributed by atoms with van der Waals surface area (Å²) < 4.78 is 21.1. The number of nitrogens with zero attached hydrogens (tertiary/aromatic N) is 2. The number of hydrogen-bond donors (Lipinski definition) is 0. The molecule has 4 aromatic rings. The number of fused-ring (bicyclic) bond motifs is 1. The number of ether oxygens (including phenoxy) is 3. The fourth-order valence-electron chi connectivity index (χ4n) is 4.73. The van der Waals surface area contributed by atoms with E-state index in [-0.39, 0.29) is 18.3 Å². The van der Waals surface area contributed by atoms with Gasteiger partial charge >= 0.3 is 5.97 Å². The highest BCUT2D eigenvalue weighted by atomic mass is 127. The summed E-state index contributed by atoms with van der Waals surface area (Å²) in [7, 11) is 1.60. The first-order valence-electron chi connectivity index (χ1n) is 13.3. The smallest absolute Gasteiger partial charge is 0.338 e. The van der Waals surface area contributed by atoms with Crippen LogP contribution in [0, 0.1) is 7.14 Å². The van der Waals surface area contributed by atoms with Gasteiger partial charge in [0.25, 0.3) is 5.56 Å². The van der Waals surface area contributed by atoms with Gasteiger partial charge in [0.15, 0.2) is 4.80 Å². The first kappa shape index (κ1) is 30.5. The van der Waals surface area contributed by atoms with E-state index in [1.54, 1.807) is 18.6 Å². The number of carbonyl (C=O) groups excluding carboxylic acids is 1. The second-order valence-electron chi connectivity index (χ2n) is 9.68. The van der Waals surface area contributed by atoms with Crippen molar-refractivity contribution >= 4 is 74.3 Å². The predicted molar refractivity (Wildman–Crippen MR) is 182 cm³/mol. The van der Waals surface area contributed by atoms with Crippen molar-refractivity contribution in [1.29, 1.82) is 0 Å². The Labute approximate surface area is 274 Å². The van der Waals surface area contributed by atoms with Crippen LogP contribution in [-0.2, 0) is 9.53 Å². The quantitative estimate of drug-likeness (QED) is 0.163. The van der Waals surface area contributed by atoms with Crippen molar-refractivity contribution in [2.45, 2.75) is 32.9 Å². The third-order valence-electron chi connectivity index (χ3n) is 6.48. The average molecular weight is 806 g/mol. The molecule has 0 N–H and O–H groups in total. The Morgan fingerprint density at radius 2 is 1.81 bits per heavy atom. The summed E-state index contributed by atoms with van der Waals surface area (Å²) in [5, 5.41) is 0. The molecule has 7 nitrogen and oxygen atoms in total. The third kappa shape index (κ3) is 6.20. The number of esters is 1. The van der Waals surface area contributed by atoms with Crippen LogP contribution in [0.25, 0.3) is 11.8 Å². The molecule has 3 aromatic carbocycles. The first-order chi connectivity index (χ1) is 20.2. The molecule has 0 saturated heterocycles. The minimum Gasteiger partial charge on any atom is -0.497 e. The van der Waals surface area contributed by atoms with Crippen LogP contribution >= 0.6 is 56.5 Å². The SMILES string of the molecule is CCOC(=O)C1=C(c2ccccc2)N=c2s/c(=C\c3cc(I)cc(I)c3OC(C)C)c(=O)n2[C@@H]1c1ccc(OC)cc1. The van der Waals surface area contributed by atoms with Gasteiger partial charge in [-0.3, -0.25) is 9.36 Å². The maximum atomic E-state index is 14.2. The van der Waals surface area contributed by atoms with E-state index in [0.717, 1.165) is 29.6 Å². The number of halogens is 2. The number of benzene rings is 3. The van der Waals surface area contributed by atoms with E-state index < -0.39 is 12.0 Å². The molecule has 0 amide bonds. The number of hydrogen-bond acceptors (Lipinski definition) is 7. The zero-order chi connectivity index (χ0) is 30.0. The van der Waals surface area contributed by atoms with Crippen LogP contribution in [0.1, 0.15) is 43.5 Å². The highest BCUT2D eigenvalue weighted by Gasteiger charge is 2.35. The summed E-state index contributed by atoms with van der Waals surface area (Å²) in [4.78, 5) is 33.3. The topological polar surface area (TPSA) is 79.1 Å². The number of thiazole rings is 1.